The SMILES string of the molecule is c1ccc2c(c1)sc1c(-c3ccc(-n4c5ccccc5c5sc6c7ccccc7c7ccccc7c6c54)cc3)cccc12. The zero-order valence-corrected chi connectivity index (χ0v) is 24.7. The van der Waals surface area contributed by atoms with Gasteiger partial charge in [0.1, 0.15) is 0 Å². The molecule has 0 radical (unpaired) electrons. The molecule has 200 valence electrons. The lowest BCUT2D eigenvalue weighted by atomic mass is 9.98. The number of nitrogens with zero attached hydrogens (tertiary/aromatic N) is 1. The fraction of sp³-hybridized carbons (Fsp3) is 0. The van der Waals surface area contributed by atoms with Crippen molar-refractivity contribution in [2.45, 2.75) is 0 Å². The van der Waals surface area contributed by atoms with Crippen molar-refractivity contribution in [3.63, 3.8) is 0 Å². The average molecular weight is 582 g/mol. The Bertz CT molecular complexity index is 2720. The molecule has 3 heteroatoms. The number of aromatic nitrogens is 1. The zero-order valence-electron chi connectivity index (χ0n) is 23.0. The molecular formula is C40H23NS2. The molecule has 0 atom stereocenters. The minimum atomic E-state index is 1.19. The van der Waals surface area contributed by atoms with E-state index in [1.54, 1.807) is 0 Å². The summed E-state index contributed by atoms with van der Waals surface area (Å²) in [6, 6.07) is 51.3. The van der Waals surface area contributed by atoms with Gasteiger partial charge in [-0.3, -0.25) is 0 Å². The number of para-hydroxylation sites is 1. The topological polar surface area (TPSA) is 4.93 Å². The van der Waals surface area contributed by atoms with Gasteiger partial charge in [-0.1, -0.05) is 115 Å². The maximum absolute atomic E-state index is 2.49. The molecular weight excluding hydrogens is 559 g/mol. The first-order valence-electron chi connectivity index (χ1n) is 14.6. The molecule has 7 aromatic carbocycles. The Balaban J connectivity index is 1.26. The van der Waals surface area contributed by atoms with Gasteiger partial charge in [0, 0.05) is 46.7 Å². The monoisotopic (exact) mass is 581 g/mol. The quantitative estimate of drug-likeness (QED) is 0.179. The number of thiophene rings is 2. The van der Waals surface area contributed by atoms with Crippen LogP contribution in [-0.4, -0.2) is 4.57 Å². The zero-order chi connectivity index (χ0) is 28.1. The van der Waals surface area contributed by atoms with Crippen molar-refractivity contribution in [1.82, 2.24) is 4.57 Å². The van der Waals surface area contributed by atoms with E-state index in [1.165, 1.54) is 89.7 Å². The molecule has 0 aliphatic heterocycles. The first kappa shape index (κ1) is 23.6. The van der Waals surface area contributed by atoms with Crippen LogP contribution in [0.25, 0.3) is 89.7 Å². The molecule has 43 heavy (non-hydrogen) atoms. The van der Waals surface area contributed by atoms with Crippen LogP contribution in [0.15, 0.2) is 140 Å². The molecule has 3 heterocycles. The van der Waals surface area contributed by atoms with Crippen LogP contribution in [0.2, 0.25) is 0 Å². The third-order valence-corrected chi connectivity index (χ3v) is 11.5. The third-order valence-electron chi connectivity index (χ3n) is 9.00. The van der Waals surface area contributed by atoms with E-state index in [-0.39, 0.29) is 0 Å². The Kier molecular flexibility index (Phi) is 4.81. The van der Waals surface area contributed by atoms with Crippen LogP contribution in [0, 0.1) is 0 Å². The van der Waals surface area contributed by atoms with Crippen molar-refractivity contribution >= 4 is 95.6 Å². The minimum absolute atomic E-state index is 1.19. The van der Waals surface area contributed by atoms with Crippen molar-refractivity contribution < 1.29 is 0 Å². The summed E-state index contributed by atoms with van der Waals surface area (Å²) in [6.07, 6.45) is 0. The highest BCUT2D eigenvalue weighted by Gasteiger charge is 2.21. The highest BCUT2D eigenvalue weighted by atomic mass is 32.1. The molecule has 0 saturated carbocycles. The van der Waals surface area contributed by atoms with E-state index in [0.29, 0.717) is 0 Å². The third kappa shape index (κ3) is 3.21. The smallest absolute Gasteiger partial charge is 0.0734 e. The summed E-state index contributed by atoms with van der Waals surface area (Å²) in [5.74, 6) is 0. The highest BCUT2D eigenvalue weighted by Crippen LogP contribution is 2.48. The van der Waals surface area contributed by atoms with Gasteiger partial charge in [0.2, 0.25) is 0 Å². The van der Waals surface area contributed by atoms with E-state index in [9.17, 15) is 0 Å². The van der Waals surface area contributed by atoms with E-state index < -0.39 is 0 Å². The maximum Gasteiger partial charge on any atom is 0.0734 e. The lowest BCUT2D eigenvalue weighted by Crippen LogP contribution is -1.94. The van der Waals surface area contributed by atoms with Crippen molar-refractivity contribution in [2.24, 2.45) is 0 Å². The second-order valence-electron chi connectivity index (χ2n) is 11.3. The van der Waals surface area contributed by atoms with Crippen LogP contribution in [0.4, 0.5) is 0 Å². The highest BCUT2D eigenvalue weighted by molar-refractivity contribution is 7.28. The molecule has 10 rings (SSSR count). The lowest BCUT2D eigenvalue weighted by molar-refractivity contribution is 1.19. The number of rotatable bonds is 2. The Hall–Kier alpha value is -4.96. The Morgan fingerprint density at radius 1 is 0.395 bits per heavy atom. The molecule has 10 aromatic rings. The molecule has 0 fully saturated rings. The first-order chi connectivity index (χ1) is 21.3. The summed E-state index contributed by atoms with van der Waals surface area (Å²) in [6.45, 7) is 0. The summed E-state index contributed by atoms with van der Waals surface area (Å²) in [5.41, 5.74) is 6.30. The van der Waals surface area contributed by atoms with Crippen LogP contribution in [0.1, 0.15) is 0 Å². The summed E-state index contributed by atoms with van der Waals surface area (Å²) < 4.78 is 7.91. The van der Waals surface area contributed by atoms with Crippen molar-refractivity contribution in [2.75, 3.05) is 0 Å². The van der Waals surface area contributed by atoms with Crippen molar-refractivity contribution in [3.05, 3.63) is 140 Å². The summed E-state index contributed by atoms with van der Waals surface area (Å²) in [7, 11) is 0. The molecule has 0 bridgehead atoms. The van der Waals surface area contributed by atoms with Gasteiger partial charge in [0.05, 0.1) is 15.7 Å². The number of hydrogen-bond acceptors (Lipinski definition) is 2. The fourth-order valence-corrected chi connectivity index (χ4v) is 9.74. The predicted octanol–water partition coefficient (Wildman–Crippen LogP) is 12.3. The maximum atomic E-state index is 2.49. The largest absolute Gasteiger partial charge is 0.308 e. The van der Waals surface area contributed by atoms with Gasteiger partial charge in [0.15, 0.2) is 0 Å². The van der Waals surface area contributed by atoms with Crippen LogP contribution in [-0.2, 0) is 0 Å². The summed E-state index contributed by atoms with van der Waals surface area (Å²) in [4.78, 5) is 0. The van der Waals surface area contributed by atoms with Crippen molar-refractivity contribution in [1.29, 1.82) is 0 Å². The van der Waals surface area contributed by atoms with E-state index in [1.807, 2.05) is 22.7 Å². The number of benzene rings is 7. The van der Waals surface area contributed by atoms with Gasteiger partial charge < -0.3 is 4.57 Å². The molecule has 0 saturated heterocycles. The summed E-state index contributed by atoms with van der Waals surface area (Å²) in [5, 5.41) is 10.6. The van der Waals surface area contributed by atoms with Gasteiger partial charge in [-0.05, 0) is 51.6 Å². The number of fused-ring (bicyclic) bond motifs is 13. The molecule has 3 aromatic heterocycles. The molecule has 1 nitrogen and oxygen atoms in total. The van der Waals surface area contributed by atoms with Gasteiger partial charge >= 0.3 is 0 Å². The Morgan fingerprint density at radius 3 is 1.81 bits per heavy atom. The van der Waals surface area contributed by atoms with Gasteiger partial charge in [-0.25, -0.2) is 0 Å². The molecule has 0 aliphatic rings. The summed E-state index contributed by atoms with van der Waals surface area (Å²) >= 11 is 3.82. The van der Waals surface area contributed by atoms with Crippen molar-refractivity contribution in [3.8, 4) is 16.8 Å². The van der Waals surface area contributed by atoms with Crippen LogP contribution >= 0.6 is 22.7 Å². The van der Waals surface area contributed by atoms with E-state index in [0.717, 1.165) is 0 Å². The molecule has 0 N–H and O–H groups in total. The molecule has 0 aliphatic carbocycles. The normalized spacial score (nSPS) is 12.2. The second-order valence-corrected chi connectivity index (χ2v) is 13.3. The minimum Gasteiger partial charge on any atom is -0.308 e. The van der Waals surface area contributed by atoms with E-state index in [2.05, 4.69) is 144 Å². The number of hydrogen-bond donors (Lipinski definition) is 0. The first-order valence-corrected chi connectivity index (χ1v) is 16.2. The standard InChI is InChI=1S/C40H23NS2/c1-3-13-30-27(10-1)28-11-2-4-14-31(28)39-36(30)37-40(43-39)33-15-5-7-18-34(33)41(37)25-22-20-24(21-23-25)26-16-9-17-32-29-12-6-8-19-35(29)42-38(26)32/h1-23H. The van der Waals surface area contributed by atoms with E-state index in [4.69, 9.17) is 0 Å². The molecule has 0 unspecified atom stereocenters. The average Bonchev–Trinajstić information content (AvgIpc) is 3.74. The van der Waals surface area contributed by atoms with Crippen LogP contribution in [0.3, 0.4) is 0 Å². The lowest BCUT2D eigenvalue weighted by Gasteiger charge is -2.12. The van der Waals surface area contributed by atoms with E-state index >= 15 is 0 Å². The fourth-order valence-electron chi connectivity index (χ4n) is 7.12. The van der Waals surface area contributed by atoms with Crippen LogP contribution in [0.5, 0.6) is 0 Å². The van der Waals surface area contributed by atoms with Gasteiger partial charge in [-0.15, -0.1) is 22.7 Å². The predicted molar refractivity (Wildman–Crippen MR) is 190 cm³/mol. The van der Waals surface area contributed by atoms with Crippen LogP contribution < -0.4 is 0 Å². The molecule has 0 amide bonds. The van der Waals surface area contributed by atoms with Gasteiger partial charge in [0.25, 0.3) is 0 Å². The van der Waals surface area contributed by atoms with Gasteiger partial charge in [-0.2, -0.15) is 0 Å². The Labute approximate surface area is 255 Å². The Morgan fingerprint density at radius 2 is 1.00 bits per heavy atom. The second kappa shape index (κ2) is 8.78. The molecule has 0 spiro atoms.